The molecule has 3 aliphatic heterocycles. The fourth-order valence-corrected chi connectivity index (χ4v) is 4.06. The molecule has 1 aromatic rings. The van der Waals surface area contributed by atoms with Gasteiger partial charge in [-0.1, -0.05) is 0 Å². The Bertz CT molecular complexity index is 713. The Morgan fingerprint density at radius 2 is 1.79 bits per heavy atom. The monoisotopic (exact) mass is 416 g/mol. The lowest BCUT2D eigenvalue weighted by Gasteiger charge is -2.28. The van der Waals surface area contributed by atoms with Gasteiger partial charge in [-0.3, -0.25) is 4.79 Å². The minimum absolute atomic E-state index is 0.153. The Morgan fingerprint density at radius 1 is 1.17 bits per heavy atom. The fourth-order valence-electron chi connectivity index (χ4n) is 4.06. The zero-order valence-corrected chi connectivity index (χ0v) is 15.7. The molecule has 4 heterocycles. The number of anilines is 1. The van der Waals surface area contributed by atoms with Crippen molar-refractivity contribution in [1.29, 1.82) is 0 Å². The fraction of sp³-hybridized carbons (Fsp3) is 0.667. The Kier molecular flexibility index (Phi) is 6.68. The molecular weight excluding hydrogens is 393 g/mol. The Morgan fingerprint density at radius 3 is 2.34 bits per heavy atom. The normalized spacial score (nSPS) is 25.5. The second-order valence-electron chi connectivity index (χ2n) is 7.49. The highest BCUT2D eigenvalue weighted by molar-refractivity contribution is 5.97. The van der Waals surface area contributed by atoms with E-state index in [0.29, 0.717) is 5.92 Å². The van der Waals surface area contributed by atoms with E-state index < -0.39 is 12.1 Å². The van der Waals surface area contributed by atoms with Gasteiger partial charge >= 0.3 is 12.1 Å². The van der Waals surface area contributed by atoms with Gasteiger partial charge in [0.1, 0.15) is 6.33 Å². The number of rotatable bonds is 3. The quantitative estimate of drug-likeness (QED) is 0.796. The zero-order valence-electron chi connectivity index (χ0n) is 15.7. The highest BCUT2D eigenvalue weighted by atomic mass is 19.4. The van der Waals surface area contributed by atoms with E-state index in [-0.39, 0.29) is 11.8 Å². The molecule has 0 radical (unpaired) electrons. The van der Waals surface area contributed by atoms with Crippen molar-refractivity contribution in [3.05, 3.63) is 18.7 Å². The molecule has 0 aromatic carbocycles. The number of amides is 1. The van der Waals surface area contributed by atoms with E-state index >= 15 is 0 Å². The molecule has 3 aliphatic rings. The number of halogens is 3. The van der Waals surface area contributed by atoms with Gasteiger partial charge in [-0.05, 0) is 18.8 Å². The number of aliphatic carboxylic acids is 1. The summed E-state index contributed by atoms with van der Waals surface area (Å²) in [5, 5.41) is 7.12. The second-order valence-corrected chi connectivity index (χ2v) is 7.49. The third-order valence-electron chi connectivity index (χ3n) is 5.48. The van der Waals surface area contributed by atoms with Crippen molar-refractivity contribution in [3.63, 3.8) is 0 Å². The molecule has 1 aromatic heterocycles. The van der Waals surface area contributed by atoms with Crippen LogP contribution in [0.15, 0.2) is 18.7 Å². The molecule has 0 aliphatic carbocycles. The van der Waals surface area contributed by atoms with E-state index in [2.05, 4.69) is 14.9 Å². The topological polar surface area (TPSA) is 95.9 Å². The summed E-state index contributed by atoms with van der Waals surface area (Å²) in [6, 6.07) is 0. The number of carboxylic acid groups (broad SMARTS) is 1. The number of fused-ring (bicyclic) bond motifs is 1. The number of likely N-dealkylation sites (tertiary alicyclic amines) is 1. The van der Waals surface area contributed by atoms with Crippen LogP contribution >= 0.6 is 0 Å². The van der Waals surface area contributed by atoms with Gasteiger partial charge in [-0.15, -0.1) is 0 Å². The Balaban J connectivity index is 0.000000298. The molecule has 0 bridgehead atoms. The third-order valence-corrected chi connectivity index (χ3v) is 5.48. The van der Waals surface area contributed by atoms with Crippen LogP contribution in [0.25, 0.3) is 0 Å². The Labute approximate surface area is 165 Å². The SMILES string of the molecule is O=C(O)C(F)(F)F.O=C1[C@H]2CN(CC3CCOCC3)C[C@H]2CN1c1cncnc1. The van der Waals surface area contributed by atoms with Gasteiger partial charge in [0.05, 0.1) is 24.0 Å². The van der Waals surface area contributed by atoms with Gasteiger partial charge in [0.2, 0.25) is 5.91 Å². The molecule has 0 unspecified atom stereocenters. The first kappa shape index (κ1) is 21.4. The molecule has 3 saturated heterocycles. The molecule has 4 rings (SSSR count). The maximum absolute atomic E-state index is 12.6. The van der Waals surface area contributed by atoms with Crippen molar-refractivity contribution in [1.82, 2.24) is 14.9 Å². The van der Waals surface area contributed by atoms with Crippen LogP contribution in [-0.4, -0.2) is 77.4 Å². The lowest BCUT2D eigenvalue weighted by atomic mass is 10.00. The van der Waals surface area contributed by atoms with Crippen molar-refractivity contribution in [2.45, 2.75) is 19.0 Å². The van der Waals surface area contributed by atoms with Gasteiger partial charge in [0.15, 0.2) is 0 Å². The maximum Gasteiger partial charge on any atom is 0.490 e. The van der Waals surface area contributed by atoms with Gasteiger partial charge in [0.25, 0.3) is 0 Å². The summed E-state index contributed by atoms with van der Waals surface area (Å²) >= 11 is 0. The summed E-state index contributed by atoms with van der Waals surface area (Å²) in [5.74, 6) is -1.17. The molecule has 0 spiro atoms. The van der Waals surface area contributed by atoms with Crippen molar-refractivity contribution < 1.29 is 32.6 Å². The minimum atomic E-state index is -5.08. The molecule has 8 nitrogen and oxygen atoms in total. The second kappa shape index (κ2) is 9.04. The molecule has 29 heavy (non-hydrogen) atoms. The number of aromatic nitrogens is 2. The molecule has 3 fully saturated rings. The van der Waals surface area contributed by atoms with Crippen LogP contribution in [0.3, 0.4) is 0 Å². The van der Waals surface area contributed by atoms with Crippen LogP contribution in [-0.2, 0) is 14.3 Å². The summed E-state index contributed by atoms with van der Waals surface area (Å²) in [7, 11) is 0. The predicted octanol–water partition coefficient (Wildman–Crippen LogP) is 1.43. The van der Waals surface area contributed by atoms with Crippen molar-refractivity contribution >= 4 is 17.6 Å². The predicted molar refractivity (Wildman–Crippen MR) is 95.0 cm³/mol. The minimum Gasteiger partial charge on any atom is -0.475 e. The number of carboxylic acids is 1. The summed E-state index contributed by atoms with van der Waals surface area (Å²) in [6.07, 6.45) is 2.19. The molecule has 1 N–H and O–H groups in total. The molecular formula is C18H23F3N4O4. The lowest BCUT2D eigenvalue weighted by Crippen LogP contribution is -2.36. The number of carbonyl (C=O) groups excluding carboxylic acids is 1. The van der Waals surface area contributed by atoms with Gasteiger partial charge in [-0.2, -0.15) is 13.2 Å². The number of carbonyl (C=O) groups is 2. The first-order valence-electron chi connectivity index (χ1n) is 9.42. The number of alkyl halides is 3. The standard InChI is InChI=1S/C16H22N4O2.C2HF3O2/c21-16-15-10-19(7-12-1-3-22-4-2-12)8-13(15)9-20(16)14-5-17-11-18-6-14;3-2(4,5)1(6)7/h5-6,11-13,15H,1-4,7-10H2;(H,6,7)/t13-,15-;/m0./s1. The third kappa shape index (κ3) is 5.41. The largest absolute Gasteiger partial charge is 0.490 e. The smallest absolute Gasteiger partial charge is 0.475 e. The van der Waals surface area contributed by atoms with Crippen molar-refractivity contribution in [2.24, 2.45) is 17.8 Å². The molecule has 1 amide bonds. The van der Waals surface area contributed by atoms with Gasteiger partial charge in [-0.25, -0.2) is 14.8 Å². The maximum atomic E-state index is 12.6. The van der Waals surface area contributed by atoms with Crippen LogP contribution in [0, 0.1) is 17.8 Å². The van der Waals surface area contributed by atoms with Crippen LogP contribution in [0.1, 0.15) is 12.8 Å². The van der Waals surface area contributed by atoms with Crippen LogP contribution < -0.4 is 4.90 Å². The average molecular weight is 416 g/mol. The highest BCUT2D eigenvalue weighted by Crippen LogP contribution is 2.35. The summed E-state index contributed by atoms with van der Waals surface area (Å²) in [5.41, 5.74) is 0.831. The molecule has 11 heteroatoms. The number of nitrogens with zero attached hydrogens (tertiary/aromatic N) is 4. The van der Waals surface area contributed by atoms with E-state index in [0.717, 1.165) is 63.8 Å². The average Bonchev–Trinajstić information content (AvgIpc) is 3.22. The van der Waals surface area contributed by atoms with Crippen LogP contribution in [0.4, 0.5) is 18.9 Å². The van der Waals surface area contributed by atoms with E-state index in [1.54, 1.807) is 12.4 Å². The Hall–Kier alpha value is -2.27. The van der Waals surface area contributed by atoms with E-state index in [9.17, 15) is 18.0 Å². The zero-order chi connectivity index (χ0) is 21.0. The first-order chi connectivity index (χ1) is 13.8. The van der Waals surface area contributed by atoms with E-state index in [1.807, 2.05) is 4.90 Å². The first-order valence-corrected chi connectivity index (χ1v) is 9.42. The number of hydrogen-bond acceptors (Lipinski definition) is 6. The van der Waals surface area contributed by atoms with Gasteiger partial charge < -0.3 is 19.6 Å². The lowest BCUT2D eigenvalue weighted by molar-refractivity contribution is -0.192. The summed E-state index contributed by atoms with van der Waals surface area (Å²) in [4.78, 5) is 33.9. The number of ether oxygens (including phenoxy) is 1. The van der Waals surface area contributed by atoms with Crippen LogP contribution in [0.5, 0.6) is 0 Å². The van der Waals surface area contributed by atoms with Crippen molar-refractivity contribution in [2.75, 3.05) is 44.3 Å². The number of hydrogen-bond donors (Lipinski definition) is 1. The van der Waals surface area contributed by atoms with Crippen LogP contribution in [0.2, 0.25) is 0 Å². The van der Waals surface area contributed by atoms with Gasteiger partial charge in [0, 0.05) is 45.3 Å². The molecule has 160 valence electrons. The highest BCUT2D eigenvalue weighted by Gasteiger charge is 2.46. The van der Waals surface area contributed by atoms with Crippen molar-refractivity contribution in [3.8, 4) is 0 Å². The van der Waals surface area contributed by atoms with E-state index in [4.69, 9.17) is 14.6 Å². The molecule has 0 saturated carbocycles. The summed E-state index contributed by atoms with van der Waals surface area (Å²) < 4.78 is 37.2. The molecule has 2 atom stereocenters. The van der Waals surface area contributed by atoms with E-state index in [1.165, 1.54) is 6.33 Å². The summed E-state index contributed by atoms with van der Waals surface area (Å²) in [6.45, 7) is 5.67.